The molecule has 3 rings (SSSR count). The Morgan fingerprint density at radius 1 is 0.495 bits per heavy atom. The number of nitrogens with two attached hydrogens (primary N) is 3. The van der Waals surface area contributed by atoms with Crippen LogP contribution in [0.2, 0.25) is 0 Å². The lowest BCUT2D eigenvalue weighted by atomic mass is 9.84. The minimum Gasteiger partial charge on any atom is -0.480 e. The van der Waals surface area contributed by atoms with Crippen LogP contribution in [0.4, 0.5) is 4.79 Å². The number of benzene rings is 3. The van der Waals surface area contributed by atoms with Crippen LogP contribution in [0.1, 0.15) is 247 Å². The third-order valence-corrected chi connectivity index (χ3v) is 17.1. The molecule has 0 aliphatic heterocycles. The second-order valence-corrected chi connectivity index (χ2v) is 25.8. The van der Waals surface area contributed by atoms with E-state index >= 15 is 0 Å². The van der Waals surface area contributed by atoms with Crippen molar-refractivity contribution >= 4 is 36.0 Å². The lowest BCUT2D eigenvalue weighted by Crippen LogP contribution is -2.54. The van der Waals surface area contributed by atoms with Gasteiger partial charge in [0, 0.05) is 72.2 Å². The average molecular weight is 1330 g/mol. The number of unbranched alkanes of at least 4 members (excludes halogenated alkanes) is 18. The highest BCUT2D eigenvalue weighted by atomic mass is 32.2. The van der Waals surface area contributed by atoms with Gasteiger partial charge in [0.2, 0.25) is 0 Å². The number of carbonyl (C=O) groups is 4. The number of amides is 2. The van der Waals surface area contributed by atoms with Crippen LogP contribution in [0.3, 0.4) is 0 Å². The first-order valence-electron chi connectivity index (χ1n) is 35.4. The van der Waals surface area contributed by atoms with Crippen molar-refractivity contribution in [2.75, 3.05) is 120 Å². The van der Waals surface area contributed by atoms with Crippen LogP contribution >= 0.6 is 11.8 Å². The summed E-state index contributed by atoms with van der Waals surface area (Å²) in [6.45, 7) is 25.2. The van der Waals surface area contributed by atoms with Crippen molar-refractivity contribution in [3.8, 4) is 0 Å². The van der Waals surface area contributed by atoms with Gasteiger partial charge in [-0.1, -0.05) is 243 Å². The van der Waals surface area contributed by atoms with Crippen molar-refractivity contribution in [3.63, 3.8) is 0 Å². The number of ether oxygens (including phenoxy) is 1. The number of carboxylic acids is 1. The van der Waals surface area contributed by atoms with Gasteiger partial charge in [0.05, 0.1) is 11.4 Å². The molecule has 0 saturated heterocycles. The van der Waals surface area contributed by atoms with E-state index in [1.54, 1.807) is 7.05 Å². The number of aliphatic carboxylic acids is 1. The van der Waals surface area contributed by atoms with Crippen LogP contribution in [0.15, 0.2) is 91.0 Å². The number of rotatable bonds is 48. The fourth-order valence-corrected chi connectivity index (χ4v) is 11.0. The van der Waals surface area contributed by atoms with E-state index in [2.05, 4.69) is 165 Å². The second-order valence-electron chi connectivity index (χ2n) is 24.5. The molecule has 0 radical (unpaired) electrons. The van der Waals surface area contributed by atoms with E-state index in [1.165, 1.54) is 171 Å². The number of urea groups is 1. The summed E-state index contributed by atoms with van der Waals surface area (Å²) in [5.41, 5.74) is 17.9. The fourth-order valence-electron chi connectivity index (χ4n) is 9.41. The zero-order valence-corrected chi connectivity index (χ0v) is 61.0. The van der Waals surface area contributed by atoms with Crippen molar-refractivity contribution in [1.82, 2.24) is 30.2 Å². The number of carboxylic acid groups (broad SMARTS) is 1. The van der Waals surface area contributed by atoms with Crippen molar-refractivity contribution in [2.24, 2.45) is 17.2 Å². The zero-order valence-electron chi connectivity index (χ0n) is 60.2. The Bertz CT molecular complexity index is 1950. The van der Waals surface area contributed by atoms with Crippen LogP contribution in [-0.4, -0.2) is 174 Å². The number of thioether (sulfide) groups is 1. The van der Waals surface area contributed by atoms with Crippen LogP contribution in [0.5, 0.6) is 0 Å². The van der Waals surface area contributed by atoms with Crippen LogP contribution in [0.25, 0.3) is 0 Å². The van der Waals surface area contributed by atoms with Crippen LogP contribution in [0, 0.1) is 0 Å². The Morgan fingerprint density at radius 2 is 0.871 bits per heavy atom. The number of ketones is 1. The molecule has 2 amide bonds. The van der Waals surface area contributed by atoms with Gasteiger partial charge >= 0.3 is 12.0 Å². The lowest BCUT2D eigenvalue weighted by Gasteiger charge is -2.35. The molecule has 0 atom stereocenters. The topological polar surface area (TPSA) is 213 Å². The van der Waals surface area contributed by atoms with Gasteiger partial charge in [-0.15, -0.1) is 11.8 Å². The number of carbonyl (C=O) groups excluding carboxylic acids is 3. The molecule has 542 valence electrons. The fraction of sp³-hybridized carbons (Fsp3) is 0.714. The normalized spacial score (nSPS) is 10.7. The maximum absolute atomic E-state index is 11.9. The molecule has 9 N–H and O–H groups in total. The molecular weight excluding hydrogens is 1180 g/mol. The van der Waals surface area contributed by atoms with Crippen molar-refractivity contribution in [1.29, 1.82) is 0 Å². The van der Waals surface area contributed by atoms with E-state index in [1.807, 2.05) is 25.9 Å². The summed E-state index contributed by atoms with van der Waals surface area (Å²) in [6, 6.07) is 31.9. The molecule has 0 saturated carbocycles. The van der Waals surface area contributed by atoms with Crippen molar-refractivity contribution in [2.45, 2.75) is 241 Å². The van der Waals surface area contributed by atoms with Gasteiger partial charge in [-0.3, -0.25) is 9.59 Å². The van der Waals surface area contributed by atoms with Gasteiger partial charge in [-0.25, -0.2) is 9.59 Å². The summed E-state index contributed by atoms with van der Waals surface area (Å²) in [6.07, 6.45) is 31.8. The molecule has 0 heterocycles. The number of likely N-dealkylation sites (N-methyl/N-ethyl adjacent to an activating group) is 5. The second kappa shape index (κ2) is 70.4. The molecule has 0 fully saturated rings. The van der Waals surface area contributed by atoms with E-state index in [4.69, 9.17) is 27.0 Å². The predicted octanol–water partition coefficient (Wildman–Crippen LogP) is 16.3. The van der Waals surface area contributed by atoms with Crippen LogP contribution < -0.4 is 27.8 Å². The molecule has 0 aliphatic carbocycles. The SMILES string of the molecule is C.C.CCCCCCC(=O)CCCC.CCCCCCCN(C)CCN.CCCCCCCN(C)CCN(C)C(=O)NC(C)(C)C(=O)O.CCCCCCCN(C)CCNC.NCCN.O=COCCCCCSC(c1ccccc1)(c1ccccc1)c1ccccc1. The average Bonchev–Trinajstić information content (AvgIpc) is 0.780. The summed E-state index contributed by atoms with van der Waals surface area (Å²) in [5.74, 6) is 0.450. The molecule has 3 aromatic carbocycles. The number of hydrogen-bond acceptors (Lipinski definition) is 13. The largest absolute Gasteiger partial charge is 0.480 e. The number of Topliss-reactive ketones (excluding diaryl/α,β-unsaturated/α-hetero) is 1. The highest BCUT2D eigenvalue weighted by Crippen LogP contribution is 2.48. The van der Waals surface area contributed by atoms with Gasteiger partial charge in [0.1, 0.15) is 11.3 Å². The Hall–Kier alpha value is -4.39. The predicted molar refractivity (Wildman–Crippen MR) is 407 cm³/mol. The number of hydrogen-bond donors (Lipinski definition) is 6. The first kappa shape index (κ1) is 97.3. The molecule has 0 bridgehead atoms. The lowest BCUT2D eigenvalue weighted by molar-refractivity contribution is -0.143. The zero-order chi connectivity index (χ0) is 68.5. The van der Waals surface area contributed by atoms with E-state index in [0.717, 1.165) is 89.8 Å². The molecule has 0 unspecified atom stereocenters. The Balaban J connectivity index is -0.000000356. The molecular formula is C77H147N9O6S. The summed E-state index contributed by atoms with van der Waals surface area (Å²) in [4.78, 5) is 52.8. The monoisotopic (exact) mass is 1330 g/mol. The highest BCUT2D eigenvalue weighted by Gasteiger charge is 2.36. The minimum absolute atomic E-state index is 0. The molecule has 0 aromatic heterocycles. The van der Waals surface area contributed by atoms with Gasteiger partial charge in [0.15, 0.2) is 0 Å². The first-order chi connectivity index (χ1) is 43.9. The maximum Gasteiger partial charge on any atom is 0.328 e. The third kappa shape index (κ3) is 56.5. The van der Waals surface area contributed by atoms with Gasteiger partial charge in [-0.05, 0) is 135 Å². The number of nitrogens with one attached hydrogen (secondary N) is 2. The van der Waals surface area contributed by atoms with E-state index in [9.17, 15) is 19.2 Å². The minimum atomic E-state index is -1.25. The van der Waals surface area contributed by atoms with Gasteiger partial charge in [-0.2, -0.15) is 0 Å². The Kier molecular flexibility index (Phi) is 73.7. The van der Waals surface area contributed by atoms with E-state index in [-0.39, 0.29) is 25.6 Å². The molecule has 93 heavy (non-hydrogen) atoms. The molecule has 3 aromatic rings. The smallest absolute Gasteiger partial charge is 0.328 e. The Labute approximate surface area is 577 Å². The molecule has 0 aliphatic rings. The highest BCUT2D eigenvalue weighted by molar-refractivity contribution is 8.00. The third-order valence-electron chi connectivity index (χ3n) is 15.4. The molecule has 16 heteroatoms. The van der Waals surface area contributed by atoms with Crippen LogP contribution in [-0.2, 0) is 23.9 Å². The van der Waals surface area contributed by atoms with Crippen molar-refractivity contribution in [3.05, 3.63) is 108 Å². The summed E-state index contributed by atoms with van der Waals surface area (Å²) >= 11 is 1.98. The summed E-state index contributed by atoms with van der Waals surface area (Å²) in [5, 5.41) is 14.7. The van der Waals surface area contributed by atoms with E-state index < -0.39 is 11.5 Å². The standard InChI is InChI=1S/C25H26O2S.C16H33N3O3.C11H26N2.C11H22O.C10H24N2.C2H8N2.2CH4/c26-21-27-19-11-4-12-20-28-25(22-13-5-1-6-14-22,23-15-7-2-8-16-23)24-17-9-3-10-18-24;1-6-7-8-9-10-11-18(4)12-13-19(5)15(22)17-16(2,3)14(20)21;1-4-5-6-7-8-10-13(3)11-9-12-2;1-3-5-7-8-10-11(12)9-6-4-2;1-3-4-5-6-7-9-12(2)10-8-11;3-1-2-4;;/h1-3,5-10,13-18,21H,4,11-12,19-20H2;6-13H2,1-5H3,(H,17,22)(H,20,21);12H,4-11H2,1-3H3;3-10H2,1-2H3;3-11H2,1-2H3;1-4H2;2*1H4. The molecule has 15 nitrogen and oxygen atoms in total. The quantitative estimate of drug-likeness (QED) is 0.0176. The number of nitrogens with zero attached hydrogens (tertiary/aromatic N) is 4. The summed E-state index contributed by atoms with van der Waals surface area (Å²) < 4.78 is 4.55. The molecule has 0 spiro atoms. The van der Waals surface area contributed by atoms with Gasteiger partial charge < -0.3 is 57.3 Å². The first-order valence-corrected chi connectivity index (χ1v) is 36.4. The summed E-state index contributed by atoms with van der Waals surface area (Å²) in [7, 11) is 10.1. The van der Waals surface area contributed by atoms with E-state index in [0.29, 0.717) is 38.5 Å². The Morgan fingerprint density at radius 3 is 1.25 bits per heavy atom. The maximum atomic E-state index is 11.9. The van der Waals surface area contributed by atoms with Crippen molar-refractivity contribution < 1.29 is 29.0 Å². The van der Waals surface area contributed by atoms with Gasteiger partial charge in [0.25, 0.3) is 6.47 Å².